The maximum Gasteiger partial charge on any atom is 0.137 e. The maximum absolute atomic E-state index is 13.1. The Kier molecular flexibility index (Phi) is 4.20. The molecule has 0 aromatic heterocycles. The first-order valence-corrected chi connectivity index (χ1v) is 10.0. The fraction of sp³-hybridized carbons (Fsp3) is 0.682. The van der Waals surface area contributed by atoms with E-state index in [1.165, 1.54) is 5.56 Å². The molecule has 1 aliphatic heterocycles. The van der Waals surface area contributed by atoms with Crippen molar-refractivity contribution in [2.75, 3.05) is 13.6 Å². The van der Waals surface area contributed by atoms with Crippen LogP contribution in [0.2, 0.25) is 0 Å². The van der Waals surface area contributed by atoms with Gasteiger partial charge >= 0.3 is 0 Å². The lowest BCUT2D eigenvalue weighted by molar-refractivity contribution is -0.178. The van der Waals surface area contributed by atoms with Crippen LogP contribution in [0.25, 0.3) is 0 Å². The highest BCUT2D eigenvalue weighted by Gasteiger charge is 2.65. The Morgan fingerprint density at radius 2 is 2.12 bits per heavy atom. The minimum Gasteiger partial charge on any atom is -0.508 e. The van der Waals surface area contributed by atoms with E-state index in [1.54, 1.807) is 6.07 Å². The van der Waals surface area contributed by atoms with Gasteiger partial charge < -0.3 is 15.1 Å². The van der Waals surface area contributed by atoms with Gasteiger partial charge in [0.15, 0.2) is 0 Å². The first kappa shape index (κ1) is 18.0. The van der Waals surface area contributed by atoms with Crippen LogP contribution in [0.5, 0.6) is 5.75 Å². The highest BCUT2D eigenvalue weighted by molar-refractivity contribution is 5.85. The standard InChI is InChI=1S/C22H31NO3/c1-14(2)4-5-16-12-22(26)20-10-15-6-7-17(24)11-18(15)21(22,13-19(16)25)8-9-23(20)3/h6-7,11,14,16,20,24,26H,4-5,8-10,12-13H2,1-3H3/t16-,20+,21+,22+/m0/s1. The number of fused-ring (bicyclic) bond motifs is 1. The highest BCUT2D eigenvalue weighted by Crippen LogP contribution is 2.58. The number of hydrogen-bond acceptors (Lipinski definition) is 4. The summed E-state index contributed by atoms with van der Waals surface area (Å²) < 4.78 is 0. The molecule has 4 rings (SSSR count). The second-order valence-corrected chi connectivity index (χ2v) is 9.31. The molecule has 2 bridgehead atoms. The van der Waals surface area contributed by atoms with Crippen LogP contribution in [0.15, 0.2) is 18.2 Å². The number of rotatable bonds is 3. The van der Waals surface area contributed by atoms with Gasteiger partial charge in [-0.3, -0.25) is 4.79 Å². The molecule has 0 amide bonds. The largest absolute Gasteiger partial charge is 0.508 e. The molecule has 1 aromatic rings. The monoisotopic (exact) mass is 357 g/mol. The van der Waals surface area contributed by atoms with Crippen LogP contribution in [0.3, 0.4) is 0 Å². The van der Waals surface area contributed by atoms with Gasteiger partial charge in [0.05, 0.1) is 5.60 Å². The number of benzene rings is 1. The van der Waals surface area contributed by atoms with Gasteiger partial charge in [-0.15, -0.1) is 0 Å². The molecule has 2 aliphatic carbocycles. The number of carbonyl (C=O) groups is 1. The number of phenols is 1. The number of nitrogens with zero attached hydrogens (tertiary/aromatic N) is 1. The zero-order valence-corrected chi connectivity index (χ0v) is 16.2. The lowest BCUT2D eigenvalue weighted by Crippen LogP contribution is -2.73. The third kappa shape index (κ3) is 2.45. The Balaban J connectivity index is 1.79. The molecule has 0 radical (unpaired) electrons. The van der Waals surface area contributed by atoms with Crippen LogP contribution in [-0.2, 0) is 16.6 Å². The predicted octanol–water partition coefficient (Wildman–Crippen LogP) is 3.04. The molecule has 2 N–H and O–H groups in total. The molecule has 2 fully saturated rings. The summed E-state index contributed by atoms with van der Waals surface area (Å²) in [6.45, 7) is 5.25. The third-order valence-electron chi connectivity index (χ3n) is 7.41. The fourth-order valence-electron chi connectivity index (χ4n) is 5.91. The molecule has 0 spiro atoms. The van der Waals surface area contributed by atoms with Gasteiger partial charge in [-0.25, -0.2) is 0 Å². The topological polar surface area (TPSA) is 60.8 Å². The van der Waals surface area contributed by atoms with Crippen molar-refractivity contribution in [2.45, 2.75) is 69.4 Å². The molecular weight excluding hydrogens is 326 g/mol. The number of likely N-dealkylation sites (N-methyl/N-ethyl adjacent to an activating group) is 1. The molecule has 1 heterocycles. The lowest BCUT2D eigenvalue weighted by Gasteiger charge is -2.64. The zero-order valence-electron chi connectivity index (χ0n) is 16.2. The number of piperidine rings is 1. The normalized spacial score (nSPS) is 36.7. The van der Waals surface area contributed by atoms with E-state index in [2.05, 4.69) is 25.8 Å². The number of likely N-dealkylation sites (tertiary alicyclic amines) is 1. The summed E-state index contributed by atoms with van der Waals surface area (Å²) in [5.74, 6) is 1.06. The number of hydrogen-bond donors (Lipinski definition) is 2. The van der Waals surface area contributed by atoms with E-state index >= 15 is 0 Å². The average Bonchev–Trinajstić information content (AvgIpc) is 2.57. The molecular formula is C22H31NO3. The molecule has 4 heteroatoms. The van der Waals surface area contributed by atoms with Gasteiger partial charge in [-0.2, -0.15) is 0 Å². The molecule has 4 atom stereocenters. The molecule has 1 saturated carbocycles. The van der Waals surface area contributed by atoms with Crippen molar-refractivity contribution in [3.05, 3.63) is 29.3 Å². The summed E-state index contributed by atoms with van der Waals surface area (Å²) in [4.78, 5) is 15.4. The summed E-state index contributed by atoms with van der Waals surface area (Å²) >= 11 is 0. The highest BCUT2D eigenvalue weighted by atomic mass is 16.3. The van der Waals surface area contributed by atoms with Crippen molar-refractivity contribution in [1.29, 1.82) is 0 Å². The Hall–Kier alpha value is -1.39. The maximum atomic E-state index is 13.1. The first-order chi connectivity index (χ1) is 12.3. The minimum atomic E-state index is -0.893. The van der Waals surface area contributed by atoms with Crippen molar-refractivity contribution in [3.8, 4) is 5.75 Å². The van der Waals surface area contributed by atoms with Gasteiger partial charge in [0.2, 0.25) is 0 Å². The minimum absolute atomic E-state index is 0.0385. The SMILES string of the molecule is CC(C)CC[C@H]1C[C@@]2(O)[C@H]3Cc4ccc(O)cc4[C@@]2(CCN3C)CC1=O. The van der Waals surface area contributed by atoms with E-state index in [0.29, 0.717) is 24.5 Å². The van der Waals surface area contributed by atoms with Crippen molar-refractivity contribution < 1.29 is 15.0 Å². The van der Waals surface area contributed by atoms with E-state index in [1.807, 2.05) is 12.1 Å². The molecule has 0 unspecified atom stereocenters. The smallest absolute Gasteiger partial charge is 0.137 e. The second-order valence-electron chi connectivity index (χ2n) is 9.31. The molecule has 4 nitrogen and oxygen atoms in total. The molecule has 1 saturated heterocycles. The van der Waals surface area contributed by atoms with Gasteiger partial charge in [-0.05, 0) is 68.5 Å². The first-order valence-electron chi connectivity index (χ1n) is 10.0. The zero-order chi connectivity index (χ0) is 18.7. The Morgan fingerprint density at radius 1 is 1.35 bits per heavy atom. The van der Waals surface area contributed by atoms with Crippen LogP contribution in [0, 0.1) is 11.8 Å². The van der Waals surface area contributed by atoms with E-state index < -0.39 is 11.0 Å². The summed E-state index contributed by atoms with van der Waals surface area (Å²) in [5.41, 5.74) is 0.760. The number of aromatic hydroxyl groups is 1. The average molecular weight is 357 g/mol. The van der Waals surface area contributed by atoms with Crippen molar-refractivity contribution in [1.82, 2.24) is 4.90 Å². The number of Topliss-reactive ketones (excluding diaryl/α,β-unsaturated/α-hetero) is 1. The van der Waals surface area contributed by atoms with Crippen LogP contribution >= 0.6 is 0 Å². The lowest BCUT2D eigenvalue weighted by atomic mass is 9.47. The molecule has 142 valence electrons. The van der Waals surface area contributed by atoms with Crippen molar-refractivity contribution in [3.63, 3.8) is 0 Å². The number of ketones is 1. The second kappa shape index (κ2) is 6.07. The van der Waals surface area contributed by atoms with Gasteiger partial charge in [-0.1, -0.05) is 26.3 Å². The summed E-state index contributed by atoms with van der Waals surface area (Å²) in [6, 6.07) is 5.56. The van der Waals surface area contributed by atoms with Crippen LogP contribution in [0.4, 0.5) is 0 Å². The van der Waals surface area contributed by atoms with Crippen LogP contribution in [-0.4, -0.2) is 46.1 Å². The van der Waals surface area contributed by atoms with E-state index in [0.717, 1.165) is 37.8 Å². The van der Waals surface area contributed by atoms with Gasteiger partial charge in [0.25, 0.3) is 0 Å². The number of aliphatic hydroxyl groups is 1. The Labute approximate surface area is 156 Å². The molecule has 3 aliphatic rings. The third-order valence-corrected chi connectivity index (χ3v) is 7.41. The van der Waals surface area contributed by atoms with Crippen molar-refractivity contribution in [2.24, 2.45) is 11.8 Å². The van der Waals surface area contributed by atoms with Crippen molar-refractivity contribution >= 4 is 5.78 Å². The summed E-state index contributed by atoms with van der Waals surface area (Å²) in [7, 11) is 2.09. The molecule has 26 heavy (non-hydrogen) atoms. The molecule has 1 aromatic carbocycles. The van der Waals surface area contributed by atoms with Gasteiger partial charge in [0, 0.05) is 23.8 Å². The number of carbonyl (C=O) groups excluding carboxylic acids is 1. The number of phenolic OH excluding ortho intramolecular Hbond substituents is 1. The quantitative estimate of drug-likeness (QED) is 0.873. The Bertz CT molecular complexity index is 730. The fourth-order valence-corrected chi connectivity index (χ4v) is 5.91. The van der Waals surface area contributed by atoms with Gasteiger partial charge in [0.1, 0.15) is 11.5 Å². The Morgan fingerprint density at radius 3 is 2.85 bits per heavy atom. The summed E-state index contributed by atoms with van der Waals surface area (Å²) in [6.07, 6.45) is 4.43. The summed E-state index contributed by atoms with van der Waals surface area (Å²) in [5, 5.41) is 22.1. The van der Waals surface area contributed by atoms with E-state index in [9.17, 15) is 15.0 Å². The van der Waals surface area contributed by atoms with E-state index in [-0.39, 0.29) is 17.7 Å². The van der Waals surface area contributed by atoms with E-state index in [4.69, 9.17) is 0 Å². The van der Waals surface area contributed by atoms with Crippen LogP contribution in [0.1, 0.15) is 57.1 Å². The van der Waals surface area contributed by atoms with Crippen LogP contribution < -0.4 is 0 Å². The predicted molar refractivity (Wildman–Crippen MR) is 101 cm³/mol.